The topological polar surface area (TPSA) is 3.24 Å². The standard InChI is InChI=1S/C9H15N/c1-4-6-7-9-10(3)8-5-2/h4-5,7-9H,1,6H2,2-3H3/b8-5-,9-7+. The van der Waals surface area contributed by atoms with Gasteiger partial charge in [0.15, 0.2) is 0 Å². The highest BCUT2D eigenvalue weighted by atomic mass is 15.0. The summed E-state index contributed by atoms with van der Waals surface area (Å²) < 4.78 is 0. The number of hydrogen-bond donors (Lipinski definition) is 0. The van der Waals surface area contributed by atoms with Crippen LogP contribution in [0.25, 0.3) is 0 Å². The van der Waals surface area contributed by atoms with E-state index in [4.69, 9.17) is 0 Å². The monoisotopic (exact) mass is 137 g/mol. The van der Waals surface area contributed by atoms with Gasteiger partial charge in [0, 0.05) is 7.05 Å². The van der Waals surface area contributed by atoms with Crippen LogP contribution in [0, 0.1) is 0 Å². The minimum Gasteiger partial charge on any atom is -0.358 e. The van der Waals surface area contributed by atoms with Gasteiger partial charge >= 0.3 is 0 Å². The zero-order valence-corrected chi connectivity index (χ0v) is 6.75. The summed E-state index contributed by atoms with van der Waals surface area (Å²) >= 11 is 0. The Labute approximate surface area is 63.3 Å². The lowest BCUT2D eigenvalue weighted by Crippen LogP contribution is -1.98. The number of allylic oxidation sites excluding steroid dienone is 3. The Hall–Kier alpha value is -0.980. The van der Waals surface area contributed by atoms with Crippen LogP contribution in [0.1, 0.15) is 13.3 Å². The molecule has 0 saturated heterocycles. The minimum absolute atomic E-state index is 0.932. The molecule has 1 heteroatoms. The largest absolute Gasteiger partial charge is 0.358 e. The molecule has 0 aliphatic heterocycles. The van der Waals surface area contributed by atoms with Gasteiger partial charge in [0.2, 0.25) is 0 Å². The predicted molar refractivity (Wildman–Crippen MR) is 46.5 cm³/mol. The molecule has 0 N–H and O–H groups in total. The van der Waals surface area contributed by atoms with Crippen molar-refractivity contribution in [1.82, 2.24) is 4.90 Å². The highest BCUT2D eigenvalue weighted by Crippen LogP contribution is 1.88. The average molecular weight is 137 g/mol. The lowest BCUT2D eigenvalue weighted by molar-refractivity contribution is 0.622. The minimum atomic E-state index is 0.932. The van der Waals surface area contributed by atoms with E-state index in [1.165, 1.54) is 0 Å². The maximum absolute atomic E-state index is 3.62. The van der Waals surface area contributed by atoms with Gasteiger partial charge in [0.1, 0.15) is 0 Å². The van der Waals surface area contributed by atoms with Gasteiger partial charge < -0.3 is 4.90 Å². The predicted octanol–water partition coefficient (Wildman–Crippen LogP) is 2.54. The maximum atomic E-state index is 3.62. The second-order valence-corrected chi connectivity index (χ2v) is 2.06. The molecule has 0 bridgehead atoms. The van der Waals surface area contributed by atoms with Gasteiger partial charge in [-0.1, -0.05) is 18.2 Å². The smallest absolute Gasteiger partial charge is 0.0106 e. The first-order valence-corrected chi connectivity index (χ1v) is 3.43. The fourth-order valence-electron chi connectivity index (χ4n) is 0.608. The Bertz CT molecular complexity index is 134. The van der Waals surface area contributed by atoms with Gasteiger partial charge in [-0.25, -0.2) is 0 Å². The van der Waals surface area contributed by atoms with Crippen molar-refractivity contribution in [3.63, 3.8) is 0 Å². The molecule has 0 unspecified atom stereocenters. The van der Waals surface area contributed by atoms with Crippen LogP contribution in [0.3, 0.4) is 0 Å². The number of rotatable bonds is 4. The molecule has 0 aromatic rings. The first kappa shape index (κ1) is 9.02. The molecule has 0 aliphatic carbocycles. The highest BCUT2D eigenvalue weighted by molar-refractivity contribution is 4.91. The zero-order chi connectivity index (χ0) is 7.82. The molecule has 0 heterocycles. The van der Waals surface area contributed by atoms with Crippen LogP contribution in [-0.2, 0) is 0 Å². The summed E-state index contributed by atoms with van der Waals surface area (Å²) in [6.45, 7) is 5.61. The fraction of sp³-hybridized carbons (Fsp3) is 0.333. The summed E-state index contributed by atoms with van der Waals surface area (Å²) in [7, 11) is 2.00. The van der Waals surface area contributed by atoms with E-state index in [0.717, 1.165) is 6.42 Å². The zero-order valence-electron chi connectivity index (χ0n) is 6.75. The third kappa shape index (κ3) is 5.16. The average Bonchev–Trinajstić information content (AvgIpc) is 1.89. The molecule has 0 radical (unpaired) electrons. The van der Waals surface area contributed by atoms with E-state index in [-0.39, 0.29) is 0 Å². The van der Waals surface area contributed by atoms with Crippen LogP contribution in [0.5, 0.6) is 0 Å². The summed E-state index contributed by atoms with van der Waals surface area (Å²) in [5.41, 5.74) is 0. The molecule has 0 aliphatic rings. The second-order valence-electron chi connectivity index (χ2n) is 2.06. The van der Waals surface area contributed by atoms with Crippen molar-refractivity contribution in [1.29, 1.82) is 0 Å². The molecule has 0 aromatic heterocycles. The van der Waals surface area contributed by atoms with Crippen molar-refractivity contribution in [2.75, 3.05) is 7.05 Å². The Morgan fingerprint density at radius 3 is 2.60 bits per heavy atom. The fourth-order valence-corrected chi connectivity index (χ4v) is 0.608. The molecule has 0 saturated carbocycles. The van der Waals surface area contributed by atoms with E-state index in [2.05, 4.69) is 12.7 Å². The van der Waals surface area contributed by atoms with E-state index >= 15 is 0 Å². The van der Waals surface area contributed by atoms with E-state index in [1.807, 2.05) is 43.4 Å². The van der Waals surface area contributed by atoms with Gasteiger partial charge in [-0.2, -0.15) is 0 Å². The SMILES string of the molecule is C=CC/C=C/N(C)/C=C\C. The maximum Gasteiger partial charge on any atom is 0.0106 e. The van der Waals surface area contributed by atoms with Crippen molar-refractivity contribution in [2.24, 2.45) is 0 Å². The summed E-state index contributed by atoms with van der Waals surface area (Å²) in [5.74, 6) is 0. The lowest BCUT2D eigenvalue weighted by atomic mass is 10.4. The van der Waals surface area contributed by atoms with Gasteiger partial charge in [0.05, 0.1) is 0 Å². The highest BCUT2D eigenvalue weighted by Gasteiger charge is 1.76. The number of nitrogens with zero attached hydrogens (tertiary/aromatic N) is 1. The van der Waals surface area contributed by atoms with Crippen molar-refractivity contribution in [2.45, 2.75) is 13.3 Å². The Morgan fingerprint density at radius 1 is 1.40 bits per heavy atom. The quantitative estimate of drug-likeness (QED) is 0.538. The van der Waals surface area contributed by atoms with Crippen LogP contribution >= 0.6 is 0 Å². The lowest BCUT2D eigenvalue weighted by Gasteiger charge is -2.04. The second kappa shape index (κ2) is 6.14. The summed E-state index contributed by atoms with van der Waals surface area (Å²) in [4.78, 5) is 2.00. The summed E-state index contributed by atoms with van der Waals surface area (Å²) in [5, 5.41) is 0. The number of hydrogen-bond acceptors (Lipinski definition) is 1. The molecular formula is C9H15N. The van der Waals surface area contributed by atoms with Crippen LogP contribution in [0.2, 0.25) is 0 Å². The third-order valence-electron chi connectivity index (χ3n) is 1.03. The molecule has 0 spiro atoms. The van der Waals surface area contributed by atoms with Gasteiger partial charge in [-0.15, -0.1) is 6.58 Å². The molecule has 10 heavy (non-hydrogen) atoms. The van der Waals surface area contributed by atoms with Gasteiger partial charge in [-0.05, 0) is 25.7 Å². The molecule has 0 rings (SSSR count). The van der Waals surface area contributed by atoms with Gasteiger partial charge in [0.25, 0.3) is 0 Å². The van der Waals surface area contributed by atoms with E-state index in [0.29, 0.717) is 0 Å². The summed E-state index contributed by atoms with van der Waals surface area (Å²) in [6, 6.07) is 0. The molecule has 0 aromatic carbocycles. The molecule has 0 fully saturated rings. The molecule has 0 atom stereocenters. The van der Waals surface area contributed by atoms with Crippen LogP contribution in [0.15, 0.2) is 37.2 Å². The van der Waals surface area contributed by atoms with Crippen molar-refractivity contribution in [3.05, 3.63) is 37.2 Å². The molecule has 0 amide bonds. The Balaban J connectivity index is 3.54. The van der Waals surface area contributed by atoms with Crippen LogP contribution in [-0.4, -0.2) is 11.9 Å². The van der Waals surface area contributed by atoms with E-state index < -0.39 is 0 Å². The van der Waals surface area contributed by atoms with E-state index in [9.17, 15) is 0 Å². The molecule has 1 nitrogen and oxygen atoms in total. The van der Waals surface area contributed by atoms with Crippen LogP contribution in [0.4, 0.5) is 0 Å². The Morgan fingerprint density at radius 2 is 2.10 bits per heavy atom. The molecular weight excluding hydrogens is 122 g/mol. The summed E-state index contributed by atoms with van der Waals surface area (Å²) in [6.07, 6.45) is 10.9. The first-order valence-electron chi connectivity index (χ1n) is 3.43. The van der Waals surface area contributed by atoms with Crippen molar-refractivity contribution in [3.8, 4) is 0 Å². The van der Waals surface area contributed by atoms with E-state index in [1.54, 1.807) is 0 Å². The third-order valence-corrected chi connectivity index (χ3v) is 1.03. The van der Waals surface area contributed by atoms with Crippen molar-refractivity contribution >= 4 is 0 Å². The van der Waals surface area contributed by atoms with Gasteiger partial charge in [-0.3, -0.25) is 0 Å². The first-order chi connectivity index (χ1) is 4.81. The normalized spacial score (nSPS) is 11.0. The van der Waals surface area contributed by atoms with Crippen molar-refractivity contribution < 1.29 is 0 Å². The molecule has 56 valence electrons. The Kier molecular flexibility index (Phi) is 5.54. The van der Waals surface area contributed by atoms with Crippen LogP contribution < -0.4 is 0 Å².